The van der Waals surface area contributed by atoms with Crippen molar-refractivity contribution >= 4 is 21.8 Å². The van der Waals surface area contributed by atoms with Gasteiger partial charge in [-0.2, -0.15) is 18.2 Å². The SMILES string of the molecule is CC(C)(C)c1ccnc(-n2c3[c-]c(Oc4[c-]c(-n5[c-][n+](-c6ccc(-c7ccccc7)cc6)cc5)ccc4)ccc3c3ccccc32)c1.[Pt]. The largest absolute Gasteiger partial charge is 0.510 e. The zero-order valence-electron chi connectivity index (χ0n) is 26.8. The average Bonchev–Trinajstić information content (AvgIpc) is 3.72. The molecule has 0 aliphatic heterocycles. The first kappa shape index (κ1) is 31.4. The molecule has 5 nitrogen and oxygen atoms in total. The molecule has 3 aromatic heterocycles. The van der Waals surface area contributed by atoms with Crippen LogP contribution in [0.1, 0.15) is 26.3 Å². The van der Waals surface area contributed by atoms with Gasteiger partial charge in [0, 0.05) is 56.7 Å². The molecular formula is C42H32N4OPt-2. The number of pyridine rings is 1. The van der Waals surface area contributed by atoms with E-state index in [1.807, 2.05) is 58.1 Å². The summed E-state index contributed by atoms with van der Waals surface area (Å²) in [4.78, 5) is 4.78. The second-order valence-electron chi connectivity index (χ2n) is 12.6. The minimum atomic E-state index is -0.00129. The molecule has 238 valence electrons. The van der Waals surface area contributed by atoms with E-state index in [4.69, 9.17) is 9.72 Å². The molecule has 0 N–H and O–H groups in total. The van der Waals surface area contributed by atoms with Crippen LogP contribution in [0, 0.1) is 18.5 Å². The van der Waals surface area contributed by atoms with Crippen LogP contribution >= 0.6 is 0 Å². The molecule has 0 bridgehead atoms. The Bertz CT molecular complexity index is 2370. The summed E-state index contributed by atoms with van der Waals surface area (Å²) in [6.45, 7) is 6.65. The van der Waals surface area contributed by atoms with Gasteiger partial charge in [0.15, 0.2) is 0 Å². The molecule has 6 heteroatoms. The molecule has 3 heterocycles. The van der Waals surface area contributed by atoms with Crippen LogP contribution in [0.15, 0.2) is 140 Å². The van der Waals surface area contributed by atoms with E-state index < -0.39 is 0 Å². The van der Waals surface area contributed by atoms with E-state index in [-0.39, 0.29) is 26.5 Å². The van der Waals surface area contributed by atoms with Crippen molar-refractivity contribution in [1.29, 1.82) is 0 Å². The Labute approximate surface area is 295 Å². The zero-order chi connectivity index (χ0) is 32.0. The first-order valence-corrected chi connectivity index (χ1v) is 15.7. The number of hydrogen-bond donors (Lipinski definition) is 0. The number of nitrogens with zero attached hydrogens (tertiary/aromatic N) is 4. The summed E-state index contributed by atoms with van der Waals surface area (Å²) >= 11 is 0. The van der Waals surface area contributed by atoms with Crippen molar-refractivity contribution in [2.75, 3.05) is 0 Å². The molecule has 48 heavy (non-hydrogen) atoms. The van der Waals surface area contributed by atoms with Crippen LogP contribution in [-0.2, 0) is 26.5 Å². The van der Waals surface area contributed by atoms with Crippen LogP contribution in [0.3, 0.4) is 0 Å². The number of benzene rings is 5. The minimum Gasteiger partial charge on any atom is -0.510 e. The minimum absolute atomic E-state index is 0. The quantitative estimate of drug-likeness (QED) is 0.124. The molecule has 0 saturated carbocycles. The molecular weight excluding hydrogens is 772 g/mol. The van der Waals surface area contributed by atoms with Gasteiger partial charge in [0.25, 0.3) is 6.33 Å². The van der Waals surface area contributed by atoms with E-state index in [2.05, 4.69) is 135 Å². The molecule has 0 fully saturated rings. The Morgan fingerprint density at radius 3 is 2.27 bits per heavy atom. The zero-order valence-corrected chi connectivity index (χ0v) is 29.1. The van der Waals surface area contributed by atoms with Gasteiger partial charge in [0.2, 0.25) is 0 Å². The molecule has 5 aromatic carbocycles. The molecule has 0 unspecified atom stereocenters. The van der Waals surface area contributed by atoms with Crippen LogP contribution < -0.4 is 9.30 Å². The smallest absolute Gasteiger partial charge is 0.267 e. The molecule has 0 amide bonds. The van der Waals surface area contributed by atoms with Gasteiger partial charge < -0.3 is 13.9 Å². The van der Waals surface area contributed by atoms with Crippen molar-refractivity contribution in [3.05, 3.63) is 164 Å². The summed E-state index contributed by atoms with van der Waals surface area (Å²) in [5, 5.41) is 2.24. The molecule has 8 aromatic rings. The molecule has 0 atom stereocenters. The molecule has 8 rings (SSSR count). The third-order valence-corrected chi connectivity index (χ3v) is 8.46. The third kappa shape index (κ3) is 5.98. The Morgan fingerprint density at radius 2 is 1.46 bits per heavy atom. The molecule has 0 radical (unpaired) electrons. The van der Waals surface area contributed by atoms with Gasteiger partial charge in [-0.15, -0.1) is 29.7 Å². The number of rotatable bonds is 6. The van der Waals surface area contributed by atoms with E-state index >= 15 is 0 Å². The number of ether oxygens (including phenoxy) is 1. The number of para-hydroxylation sites is 1. The first-order valence-electron chi connectivity index (χ1n) is 15.7. The summed E-state index contributed by atoms with van der Waals surface area (Å²) < 4.78 is 12.4. The fourth-order valence-electron chi connectivity index (χ4n) is 5.97. The van der Waals surface area contributed by atoms with Crippen molar-refractivity contribution in [2.45, 2.75) is 26.2 Å². The van der Waals surface area contributed by atoms with Crippen LogP contribution in [0.25, 0.3) is 50.1 Å². The van der Waals surface area contributed by atoms with Gasteiger partial charge in [0.05, 0.1) is 5.69 Å². The summed E-state index contributed by atoms with van der Waals surface area (Å²) in [7, 11) is 0. The Kier molecular flexibility index (Phi) is 8.33. The van der Waals surface area contributed by atoms with Crippen molar-refractivity contribution in [1.82, 2.24) is 14.1 Å². The van der Waals surface area contributed by atoms with Crippen molar-refractivity contribution < 1.29 is 30.4 Å². The number of imidazole rings is 1. The van der Waals surface area contributed by atoms with Crippen LogP contribution in [0.2, 0.25) is 0 Å². The molecule has 0 spiro atoms. The molecule has 0 saturated heterocycles. The molecule has 0 aliphatic carbocycles. The summed E-state index contributed by atoms with van der Waals surface area (Å²) in [5.41, 5.74) is 7.43. The summed E-state index contributed by atoms with van der Waals surface area (Å²) in [6.07, 6.45) is 9.25. The maximum atomic E-state index is 6.38. The number of fused-ring (bicyclic) bond motifs is 3. The van der Waals surface area contributed by atoms with E-state index in [0.29, 0.717) is 11.5 Å². The van der Waals surface area contributed by atoms with Crippen LogP contribution in [0.4, 0.5) is 0 Å². The average molecular weight is 804 g/mol. The van der Waals surface area contributed by atoms with E-state index in [9.17, 15) is 0 Å². The van der Waals surface area contributed by atoms with Gasteiger partial charge >= 0.3 is 0 Å². The maximum Gasteiger partial charge on any atom is 0.267 e. The van der Waals surface area contributed by atoms with Gasteiger partial charge in [0.1, 0.15) is 5.82 Å². The topological polar surface area (TPSA) is 35.9 Å². The standard InChI is InChI=1S/C42H32N4O.Pt/c1-42(2,3)32-22-23-43-41(26-32)46-39-15-8-7-14-37(39)38-21-20-36(28-40(38)46)47-35-13-9-12-34(27-35)45-25-24-44(29-45)33-18-16-31(17-19-33)30-10-5-4-6-11-30;/h4-26H,1-3H3;/q-2;. The van der Waals surface area contributed by atoms with E-state index in [1.165, 1.54) is 16.7 Å². The van der Waals surface area contributed by atoms with E-state index in [1.54, 1.807) is 0 Å². The van der Waals surface area contributed by atoms with Crippen molar-refractivity contribution in [3.8, 4) is 39.8 Å². The predicted octanol–water partition coefficient (Wildman–Crippen LogP) is 9.40. The van der Waals surface area contributed by atoms with E-state index in [0.717, 1.165) is 39.0 Å². The van der Waals surface area contributed by atoms with Crippen molar-refractivity contribution in [3.63, 3.8) is 0 Å². The Hall–Kier alpha value is -5.25. The number of aromatic nitrogens is 4. The first-order chi connectivity index (χ1) is 22.9. The number of hydrogen-bond acceptors (Lipinski definition) is 2. The maximum absolute atomic E-state index is 6.38. The second kappa shape index (κ2) is 12.7. The van der Waals surface area contributed by atoms with Gasteiger partial charge in [-0.1, -0.05) is 87.0 Å². The van der Waals surface area contributed by atoms with Gasteiger partial charge in [-0.25, -0.2) is 4.98 Å². The normalized spacial score (nSPS) is 11.5. The second-order valence-corrected chi connectivity index (χ2v) is 12.6. The summed E-state index contributed by atoms with van der Waals surface area (Å²) in [6, 6.07) is 48.4. The summed E-state index contributed by atoms with van der Waals surface area (Å²) in [5.74, 6) is 2.05. The van der Waals surface area contributed by atoms with Crippen LogP contribution in [0.5, 0.6) is 11.5 Å². The van der Waals surface area contributed by atoms with Crippen LogP contribution in [-0.4, -0.2) is 14.1 Å². The fourth-order valence-corrected chi connectivity index (χ4v) is 5.97. The Morgan fingerprint density at radius 1 is 0.708 bits per heavy atom. The Balaban J connectivity index is 0.00000364. The predicted molar refractivity (Wildman–Crippen MR) is 187 cm³/mol. The van der Waals surface area contributed by atoms with Gasteiger partial charge in [-0.3, -0.25) is 4.57 Å². The monoisotopic (exact) mass is 803 g/mol. The fraction of sp³-hybridized carbons (Fsp3) is 0.0952. The van der Waals surface area contributed by atoms with Crippen molar-refractivity contribution in [2.24, 2.45) is 0 Å². The molecule has 0 aliphatic rings. The third-order valence-electron chi connectivity index (χ3n) is 8.46. The van der Waals surface area contributed by atoms with Gasteiger partial charge in [-0.05, 0) is 63.5 Å².